The number of halogens is 1. The summed E-state index contributed by atoms with van der Waals surface area (Å²) in [4.78, 5) is 0. The Bertz CT molecular complexity index is 92.5. The van der Waals surface area contributed by atoms with Gasteiger partial charge in [0.15, 0.2) is 0 Å². The molecule has 0 saturated carbocycles. The third kappa shape index (κ3) is 1.23. The molecule has 0 N–H and O–H groups in total. The molecule has 0 spiro atoms. The summed E-state index contributed by atoms with van der Waals surface area (Å²) in [6, 6.07) is 0.649. The molecule has 0 radical (unpaired) electrons. The Morgan fingerprint density at radius 1 is 1.75 bits per heavy atom. The van der Waals surface area contributed by atoms with E-state index in [9.17, 15) is 0 Å². The van der Waals surface area contributed by atoms with Crippen molar-refractivity contribution in [2.75, 3.05) is 6.54 Å². The van der Waals surface area contributed by atoms with Gasteiger partial charge in [0.1, 0.15) is 0 Å². The first-order chi connectivity index (χ1) is 3.84. The lowest BCUT2D eigenvalue weighted by Gasteiger charge is -2.10. The van der Waals surface area contributed by atoms with Gasteiger partial charge in [0.25, 0.3) is 0 Å². The van der Waals surface area contributed by atoms with E-state index in [-0.39, 0.29) is 0 Å². The molecule has 8 heavy (non-hydrogen) atoms. The molecule has 0 amide bonds. The van der Waals surface area contributed by atoms with Crippen LogP contribution in [0.2, 0.25) is 0 Å². The van der Waals surface area contributed by atoms with Crippen LogP contribution in [0.25, 0.3) is 0 Å². The molecule has 1 aliphatic heterocycles. The quantitative estimate of drug-likeness (QED) is 0.373. The van der Waals surface area contributed by atoms with E-state index in [0.717, 1.165) is 0 Å². The van der Waals surface area contributed by atoms with E-state index in [1.165, 1.54) is 19.4 Å². The highest BCUT2D eigenvalue weighted by Crippen LogP contribution is 2.20. The van der Waals surface area contributed by atoms with E-state index in [1.54, 1.807) is 0 Å². The van der Waals surface area contributed by atoms with E-state index in [4.69, 9.17) is 0 Å². The van der Waals surface area contributed by atoms with Crippen molar-refractivity contribution in [3.8, 4) is 0 Å². The van der Waals surface area contributed by atoms with Crippen molar-refractivity contribution >= 4 is 22.9 Å². The average Bonchev–Trinajstić information content (AvgIpc) is 2.14. The molecule has 1 aliphatic rings. The molecular formula is C6H10IN. The molecular weight excluding hydrogens is 213 g/mol. The molecule has 1 saturated heterocycles. The van der Waals surface area contributed by atoms with Crippen LogP contribution >= 0.6 is 22.9 Å². The van der Waals surface area contributed by atoms with E-state index in [1.807, 2.05) is 6.08 Å². The highest BCUT2D eigenvalue weighted by molar-refractivity contribution is 14.1. The Balaban J connectivity index is 2.41. The fraction of sp³-hybridized carbons (Fsp3) is 0.667. The summed E-state index contributed by atoms with van der Waals surface area (Å²) in [6.07, 6.45) is 4.66. The summed E-state index contributed by atoms with van der Waals surface area (Å²) in [7, 11) is 0. The zero-order chi connectivity index (χ0) is 5.98. The zero-order valence-electron chi connectivity index (χ0n) is 4.81. The largest absolute Gasteiger partial charge is 0.241 e. The molecule has 0 aliphatic carbocycles. The predicted octanol–water partition coefficient (Wildman–Crippen LogP) is 1.99. The normalized spacial score (nSPS) is 30.9. The summed E-state index contributed by atoms with van der Waals surface area (Å²) in [5.41, 5.74) is 0. The smallest absolute Gasteiger partial charge is 0.0371 e. The van der Waals surface area contributed by atoms with Crippen LogP contribution < -0.4 is 0 Å². The lowest BCUT2D eigenvalue weighted by molar-refractivity contribution is 0.547. The van der Waals surface area contributed by atoms with Crippen LogP contribution in [0.1, 0.15) is 12.8 Å². The Morgan fingerprint density at radius 2 is 2.50 bits per heavy atom. The first-order valence-corrected chi connectivity index (χ1v) is 3.86. The van der Waals surface area contributed by atoms with Gasteiger partial charge in [-0.1, -0.05) is 6.08 Å². The van der Waals surface area contributed by atoms with Crippen molar-refractivity contribution in [2.24, 2.45) is 0 Å². The van der Waals surface area contributed by atoms with Crippen molar-refractivity contribution in [3.63, 3.8) is 0 Å². The maximum Gasteiger partial charge on any atom is 0.0371 e. The second kappa shape index (κ2) is 2.82. The lowest BCUT2D eigenvalue weighted by atomic mass is 10.2. The third-order valence-corrected chi connectivity index (χ3v) is 2.70. The van der Waals surface area contributed by atoms with Crippen molar-refractivity contribution in [1.29, 1.82) is 0 Å². The molecule has 2 heteroatoms. The maximum absolute atomic E-state index is 3.75. The van der Waals surface area contributed by atoms with E-state index in [0.29, 0.717) is 6.04 Å². The molecule has 46 valence electrons. The van der Waals surface area contributed by atoms with E-state index >= 15 is 0 Å². The molecule has 1 unspecified atom stereocenters. The standard InChI is InChI=1S/C6H10IN/c1-2-6-4-3-5-8(6)7/h2,6H,1,3-5H2. The Morgan fingerprint density at radius 3 is 2.75 bits per heavy atom. The fourth-order valence-electron chi connectivity index (χ4n) is 0.990. The molecule has 1 nitrogen and oxygen atoms in total. The minimum atomic E-state index is 0.649. The second-order valence-corrected chi connectivity index (χ2v) is 3.31. The van der Waals surface area contributed by atoms with Crippen molar-refractivity contribution in [2.45, 2.75) is 18.9 Å². The van der Waals surface area contributed by atoms with Crippen molar-refractivity contribution in [1.82, 2.24) is 3.11 Å². The van der Waals surface area contributed by atoms with Gasteiger partial charge in [-0.05, 0) is 12.8 Å². The Hall–Kier alpha value is 0.430. The van der Waals surface area contributed by atoms with Crippen molar-refractivity contribution < 1.29 is 0 Å². The van der Waals surface area contributed by atoms with Gasteiger partial charge in [-0.2, -0.15) is 0 Å². The first kappa shape index (κ1) is 6.55. The monoisotopic (exact) mass is 223 g/mol. The summed E-state index contributed by atoms with van der Waals surface area (Å²) < 4.78 is 2.31. The highest BCUT2D eigenvalue weighted by atomic mass is 127. The zero-order valence-corrected chi connectivity index (χ0v) is 6.97. The fourth-order valence-corrected chi connectivity index (χ4v) is 1.84. The van der Waals surface area contributed by atoms with Crippen LogP contribution in [0, 0.1) is 0 Å². The average molecular weight is 223 g/mol. The summed E-state index contributed by atoms with van der Waals surface area (Å²) in [5.74, 6) is 0. The molecule has 0 aromatic heterocycles. The van der Waals surface area contributed by atoms with Gasteiger partial charge in [0.2, 0.25) is 0 Å². The number of nitrogens with zero attached hydrogens (tertiary/aromatic N) is 1. The van der Waals surface area contributed by atoms with Gasteiger partial charge >= 0.3 is 0 Å². The van der Waals surface area contributed by atoms with Crippen LogP contribution in [-0.4, -0.2) is 15.7 Å². The van der Waals surface area contributed by atoms with Gasteiger partial charge in [0.05, 0.1) is 0 Å². The van der Waals surface area contributed by atoms with Gasteiger partial charge < -0.3 is 0 Å². The predicted molar refractivity (Wildman–Crippen MR) is 43.9 cm³/mol. The SMILES string of the molecule is C=CC1CCCN1I. The topological polar surface area (TPSA) is 3.24 Å². The number of hydrogen-bond donors (Lipinski definition) is 0. The molecule has 1 fully saturated rings. The van der Waals surface area contributed by atoms with E-state index in [2.05, 4.69) is 32.6 Å². The summed E-state index contributed by atoms with van der Waals surface area (Å²) >= 11 is 2.36. The Labute approximate surface area is 64.2 Å². The van der Waals surface area contributed by atoms with Crippen LogP contribution in [0.5, 0.6) is 0 Å². The second-order valence-electron chi connectivity index (χ2n) is 2.07. The first-order valence-electron chi connectivity index (χ1n) is 2.89. The van der Waals surface area contributed by atoms with Gasteiger partial charge in [-0.25, -0.2) is 3.11 Å². The minimum absolute atomic E-state index is 0.649. The number of rotatable bonds is 1. The number of hydrogen-bond acceptors (Lipinski definition) is 1. The van der Waals surface area contributed by atoms with Crippen LogP contribution in [0.3, 0.4) is 0 Å². The maximum atomic E-state index is 3.75. The third-order valence-electron chi connectivity index (χ3n) is 1.50. The van der Waals surface area contributed by atoms with Gasteiger partial charge in [0, 0.05) is 35.5 Å². The molecule has 1 atom stereocenters. The van der Waals surface area contributed by atoms with Crippen LogP contribution in [0.4, 0.5) is 0 Å². The summed E-state index contributed by atoms with van der Waals surface area (Å²) in [6.45, 7) is 4.98. The molecule has 0 bridgehead atoms. The van der Waals surface area contributed by atoms with Gasteiger partial charge in [-0.3, -0.25) is 0 Å². The summed E-state index contributed by atoms with van der Waals surface area (Å²) in [5, 5.41) is 0. The minimum Gasteiger partial charge on any atom is -0.241 e. The van der Waals surface area contributed by atoms with Crippen LogP contribution in [0.15, 0.2) is 12.7 Å². The molecule has 0 aromatic carbocycles. The van der Waals surface area contributed by atoms with Crippen molar-refractivity contribution in [3.05, 3.63) is 12.7 Å². The molecule has 1 rings (SSSR count). The highest BCUT2D eigenvalue weighted by Gasteiger charge is 2.17. The van der Waals surface area contributed by atoms with Crippen LogP contribution in [-0.2, 0) is 0 Å². The Kier molecular flexibility index (Phi) is 2.31. The lowest BCUT2D eigenvalue weighted by Crippen LogP contribution is -2.15. The van der Waals surface area contributed by atoms with Gasteiger partial charge in [-0.15, -0.1) is 6.58 Å². The molecule has 1 heterocycles. The van der Waals surface area contributed by atoms with E-state index < -0.39 is 0 Å². The molecule has 0 aromatic rings.